The van der Waals surface area contributed by atoms with Gasteiger partial charge in [0.15, 0.2) is 9.84 Å². The summed E-state index contributed by atoms with van der Waals surface area (Å²) in [5.74, 6) is -0.212. The fourth-order valence-electron chi connectivity index (χ4n) is 2.82. The maximum absolute atomic E-state index is 11.6. The van der Waals surface area contributed by atoms with E-state index in [1.807, 2.05) is 0 Å². The number of nitriles is 1. The summed E-state index contributed by atoms with van der Waals surface area (Å²) in [5.41, 5.74) is -2.36. The van der Waals surface area contributed by atoms with E-state index < -0.39 is 20.9 Å². The Kier molecular flexibility index (Phi) is 3.19. The van der Waals surface area contributed by atoms with Crippen LogP contribution in [0.2, 0.25) is 0 Å². The zero-order valence-corrected chi connectivity index (χ0v) is 10.5. The molecule has 0 amide bonds. The van der Waals surface area contributed by atoms with Crippen molar-refractivity contribution in [2.45, 2.75) is 31.3 Å². The third kappa shape index (κ3) is 2.19. The molecule has 2 rings (SSSR count). The Morgan fingerprint density at radius 3 is 2.59 bits per heavy atom. The molecule has 2 aliphatic rings. The molecule has 5 nitrogen and oxygen atoms in total. The lowest BCUT2D eigenvalue weighted by Crippen LogP contribution is -2.48. The van der Waals surface area contributed by atoms with E-state index in [0.29, 0.717) is 32.5 Å². The highest BCUT2D eigenvalue weighted by molar-refractivity contribution is 7.91. The van der Waals surface area contributed by atoms with Crippen LogP contribution >= 0.6 is 0 Å². The quantitative estimate of drug-likeness (QED) is 0.729. The van der Waals surface area contributed by atoms with Crippen LogP contribution in [-0.4, -0.2) is 43.8 Å². The van der Waals surface area contributed by atoms with Crippen LogP contribution in [0.3, 0.4) is 0 Å². The first-order valence-corrected chi connectivity index (χ1v) is 7.67. The van der Waals surface area contributed by atoms with Crippen LogP contribution in [0, 0.1) is 16.7 Å². The Hall–Kier alpha value is -0.640. The zero-order valence-electron chi connectivity index (χ0n) is 9.68. The second-order valence-corrected chi connectivity index (χ2v) is 7.22. The van der Waals surface area contributed by atoms with Gasteiger partial charge in [0, 0.05) is 19.6 Å². The number of nitrogens with zero attached hydrogens (tertiary/aromatic N) is 1. The van der Waals surface area contributed by atoms with E-state index in [1.54, 1.807) is 0 Å². The van der Waals surface area contributed by atoms with Gasteiger partial charge in [-0.15, -0.1) is 0 Å². The summed E-state index contributed by atoms with van der Waals surface area (Å²) in [7, 11) is -3.19. The fraction of sp³-hybridized carbons (Fsp3) is 0.909. The SMILES string of the molecule is N#CC1(C2(O)CCCOCC2)CCS(=O)(=O)C1. The number of ether oxygens (including phenoxy) is 1. The molecule has 2 fully saturated rings. The molecule has 2 aliphatic heterocycles. The Balaban J connectivity index is 2.32. The van der Waals surface area contributed by atoms with Gasteiger partial charge in [-0.25, -0.2) is 8.42 Å². The Morgan fingerprint density at radius 2 is 2.00 bits per heavy atom. The molecular weight excluding hydrogens is 242 g/mol. The van der Waals surface area contributed by atoms with Gasteiger partial charge in [0.05, 0.1) is 23.2 Å². The molecule has 0 radical (unpaired) electrons. The molecule has 0 aromatic rings. The lowest BCUT2D eigenvalue weighted by molar-refractivity contribution is -0.0585. The van der Waals surface area contributed by atoms with Crippen LogP contribution in [0.4, 0.5) is 0 Å². The molecular formula is C11H17NO4S. The smallest absolute Gasteiger partial charge is 0.152 e. The molecule has 0 aliphatic carbocycles. The van der Waals surface area contributed by atoms with Gasteiger partial charge >= 0.3 is 0 Å². The Bertz CT molecular complexity index is 431. The molecule has 2 heterocycles. The summed E-state index contributed by atoms with van der Waals surface area (Å²) in [6.45, 7) is 0.955. The standard InChI is InChI=1S/C11H17NO4S/c12-8-10(4-7-17(14,15)9-10)11(13)2-1-5-16-6-3-11/h13H,1-7,9H2. The highest BCUT2D eigenvalue weighted by atomic mass is 32.2. The van der Waals surface area contributed by atoms with E-state index in [1.165, 1.54) is 0 Å². The van der Waals surface area contributed by atoms with Crippen LogP contribution in [0.5, 0.6) is 0 Å². The Labute approximate surface area is 101 Å². The lowest BCUT2D eigenvalue weighted by atomic mass is 9.69. The number of sulfone groups is 1. The van der Waals surface area contributed by atoms with E-state index in [9.17, 15) is 18.8 Å². The molecule has 1 N–H and O–H groups in total. The maximum atomic E-state index is 11.6. The molecule has 0 bridgehead atoms. The molecule has 6 heteroatoms. The van der Waals surface area contributed by atoms with E-state index >= 15 is 0 Å². The van der Waals surface area contributed by atoms with Crippen LogP contribution in [-0.2, 0) is 14.6 Å². The molecule has 0 aromatic heterocycles. The van der Waals surface area contributed by atoms with Gasteiger partial charge in [-0.3, -0.25) is 0 Å². The van der Waals surface area contributed by atoms with Gasteiger partial charge in [0.2, 0.25) is 0 Å². The maximum Gasteiger partial charge on any atom is 0.152 e. The first-order valence-electron chi connectivity index (χ1n) is 5.85. The average molecular weight is 259 g/mol. The van der Waals surface area contributed by atoms with E-state index in [2.05, 4.69) is 6.07 Å². The van der Waals surface area contributed by atoms with Crippen molar-refractivity contribution >= 4 is 9.84 Å². The topological polar surface area (TPSA) is 87.4 Å². The van der Waals surface area contributed by atoms with Gasteiger partial charge in [-0.1, -0.05) is 0 Å². The number of hydrogen-bond acceptors (Lipinski definition) is 5. The zero-order chi connectivity index (χ0) is 12.6. The lowest BCUT2D eigenvalue weighted by Gasteiger charge is -2.38. The first kappa shape index (κ1) is 12.8. The van der Waals surface area contributed by atoms with Crippen LogP contribution < -0.4 is 0 Å². The van der Waals surface area contributed by atoms with Gasteiger partial charge in [-0.05, 0) is 19.3 Å². The highest BCUT2D eigenvalue weighted by Gasteiger charge is 2.56. The van der Waals surface area contributed by atoms with Crippen molar-refractivity contribution in [3.8, 4) is 6.07 Å². The fourth-order valence-corrected chi connectivity index (χ4v) is 4.85. The van der Waals surface area contributed by atoms with Gasteiger partial charge in [-0.2, -0.15) is 5.26 Å². The molecule has 2 atom stereocenters. The van der Waals surface area contributed by atoms with Crippen molar-refractivity contribution in [1.29, 1.82) is 5.26 Å². The molecule has 2 saturated heterocycles. The van der Waals surface area contributed by atoms with Crippen molar-refractivity contribution in [2.75, 3.05) is 24.7 Å². The van der Waals surface area contributed by atoms with Crippen molar-refractivity contribution < 1.29 is 18.3 Å². The first-order chi connectivity index (χ1) is 7.93. The number of aliphatic hydroxyl groups is 1. The van der Waals surface area contributed by atoms with Crippen molar-refractivity contribution in [3.63, 3.8) is 0 Å². The molecule has 96 valence electrons. The molecule has 0 saturated carbocycles. The minimum absolute atomic E-state index is 0.00370. The van der Waals surface area contributed by atoms with Crippen LogP contribution in [0.15, 0.2) is 0 Å². The third-order valence-electron chi connectivity index (χ3n) is 3.95. The molecule has 17 heavy (non-hydrogen) atoms. The molecule has 0 aromatic carbocycles. The predicted molar refractivity (Wildman–Crippen MR) is 60.9 cm³/mol. The largest absolute Gasteiger partial charge is 0.388 e. The van der Waals surface area contributed by atoms with Crippen molar-refractivity contribution in [2.24, 2.45) is 5.41 Å². The van der Waals surface area contributed by atoms with Gasteiger partial charge < -0.3 is 9.84 Å². The van der Waals surface area contributed by atoms with Crippen LogP contribution in [0.25, 0.3) is 0 Å². The molecule has 2 unspecified atom stereocenters. The van der Waals surface area contributed by atoms with Crippen molar-refractivity contribution in [3.05, 3.63) is 0 Å². The summed E-state index contributed by atoms with van der Waals surface area (Å²) in [6, 6.07) is 2.09. The summed E-state index contributed by atoms with van der Waals surface area (Å²) >= 11 is 0. The van der Waals surface area contributed by atoms with Gasteiger partial charge in [0.1, 0.15) is 5.41 Å². The van der Waals surface area contributed by atoms with E-state index in [-0.39, 0.29) is 17.9 Å². The third-order valence-corrected chi connectivity index (χ3v) is 5.71. The summed E-state index contributed by atoms with van der Waals surface area (Å²) in [5, 5.41) is 20.0. The van der Waals surface area contributed by atoms with Gasteiger partial charge in [0.25, 0.3) is 0 Å². The van der Waals surface area contributed by atoms with E-state index in [0.717, 1.165) is 0 Å². The normalized spacial score (nSPS) is 41.6. The van der Waals surface area contributed by atoms with Crippen LogP contribution in [0.1, 0.15) is 25.7 Å². The van der Waals surface area contributed by atoms with Crippen molar-refractivity contribution in [1.82, 2.24) is 0 Å². The van der Waals surface area contributed by atoms with E-state index in [4.69, 9.17) is 4.74 Å². The summed E-state index contributed by atoms with van der Waals surface area (Å²) < 4.78 is 28.4. The monoisotopic (exact) mass is 259 g/mol. The minimum Gasteiger partial charge on any atom is -0.388 e. The number of hydrogen-bond donors (Lipinski definition) is 1. The highest BCUT2D eigenvalue weighted by Crippen LogP contribution is 2.46. The Morgan fingerprint density at radius 1 is 1.24 bits per heavy atom. The second kappa shape index (κ2) is 4.23. The summed E-state index contributed by atoms with van der Waals surface area (Å²) in [6.07, 6.45) is 1.69. The second-order valence-electron chi connectivity index (χ2n) is 5.03. The predicted octanol–water partition coefficient (Wildman–Crippen LogP) is 0.246. The molecule has 0 spiro atoms. The number of rotatable bonds is 1. The average Bonchev–Trinajstić information content (AvgIpc) is 2.46. The minimum atomic E-state index is -3.19. The summed E-state index contributed by atoms with van der Waals surface area (Å²) in [4.78, 5) is 0.